The van der Waals surface area contributed by atoms with E-state index in [0.29, 0.717) is 0 Å². The third-order valence-electron chi connectivity index (χ3n) is 6.12. The van der Waals surface area contributed by atoms with Crippen molar-refractivity contribution in [3.8, 4) is 22.6 Å². The fourth-order valence-electron chi connectivity index (χ4n) is 4.36. The summed E-state index contributed by atoms with van der Waals surface area (Å²) in [6.45, 7) is 4.25. The normalized spacial score (nSPS) is 15.2. The Morgan fingerprint density at radius 1 is 0.903 bits per heavy atom. The van der Waals surface area contributed by atoms with Crippen molar-refractivity contribution < 1.29 is 0 Å². The molecule has 154 valence electrons. The van der Waals surface area contributed by atoms with Crippen LogP contribution in [-0.2, 0) is 0 Å². The van der Waals surface area contributed by atoms with Gasteiger partial charge in [0.05, 0.1) is 16.9 Å². The number of nitrogens with zero attached hydrogens (tertiary/aromatic N) is 5. The second kappa shape index (κ2) is 7.21. The van der Waals surface area contributed by atoms with Crippen LogP contribution in [0.25, 0.3) is 44.6 Å². The summed E-state index contributed by atoms with van der Waals surface area (Å²) in [7, 11) is 2.18. The summed E-state index contributed by atoms with van der Waals surface area (Å²) < 4.78 is 0. The van der Waals surface area contributed by atoms with E-state index in [1.54, 1.807) is 12.4 Å². The van der Waals surface area contributed by atoms with Gasteiger partial charge in [-0.25, -0.2) is 4.98 Å². The highest BCUT2D eigenvalue weighted by Crippen LogP contribution is 2.33. The van der Waals surface area contributed by atoms with Gasteiger partial charge < -0.3 is 14.8 Å². The van der Waals surface area contributed by atoms with E-state index >= 15 is 0 Å². The number of aromatic amines is 2. The van der Waals surface area contributed by atoms with Crippen molar-refractivity contribution in [3.05, 3.63) is 60.9 Å². The molecule has 1 saturated heterocycles. The number of pyridine rings is 2. The van der Waals surface area contributed by atoms with Gasteiger partial charge >= 0.3 is 0 Å². The van der Waals surface area contributed by atoms with Crippen LogP contribution in [0.4, 0.5) is 5.69 Å². The summed E-state index contributed by atoms with van der Waals surface area (Å²) in [4.78, 5) is 17.4. The van der Waals surface area contributed by atoms with Crippen molar-refractivity contribution in [1.82, 2.24) is 30.0 Å². The van der Waals surface area contributed by atoms with Crippen molar-refractivity contribution in [2.75, 3.05) is 38.1 Å². The average Bonchev–Trinajstić information content (AvgIpc) is 3.43. The Bertz CT molecular complexity index is 1360. The number of benzene rings is 1. The highest BCUT2D eigenvalue weighted by atomic mass is 15.2. The Balaban J connectivity index is 1.44. The van der Waals surface area contributed by atoms with Gasteiger partial charge in [-0.3, -0.25) is 10.1 Å². The lowest BCUT2D eigenvalue weighted by molar-refractivity contribution is 0.313. The molecule has 0 bridgehead atoms. The third-order valence-corrected chi connectivity index (χ3v) is 6.12. The fraction of sp³-hybridized carbons (Fsp3) is 0.208. The molecule has 0 amide bonds. The molecule has 5 heterocycles. The van der Waals surface area contributed by atoms with Crippen LogP contribution in [0.5, 0.6) is 0 Å². The van der Waals surface area contributed by atoms with Gasteiger partial charge in [0.15, 0.2) is 0 Å². The topological polar surface area (TPSA) is 76.7 Å². The zero-order chi connectivity index (χ0) is 20.8. The zero-order valence-corrected chi connectivity index (χ0v) is 17.3. The van der Waals surface area contributed by atoms with Crippen LogP contribution in [0.3, 0.4) is 0 Å². The first-order chi connectivity index (χ1) is 15.3. The lowest BCUT2D eigenvalue weighted by Crippen LogP contribution is -2.44. The summed E-state index contributed by atoms with van der Waals surface area (Å²) in [5.41, 5.74) is 7.94. The Labute approximate surface area is 179 Å². The minimum atomic E-state index is 0.839. The maximum atomic E-state index is 4.92. The van der Waals surface area contributed by atoms with Gasteiger partial charge in [-0.2, -0.15) is 5.10 Å². The largest absolute Gasteiger partial charge is 0.368 e. The highest BCUT2D eigenvalue weighted by Gasteiger charge is 2.19. The summed E-state index contributed by atoms with van der Waals surface area (Å²) in [6, 6.07) is 16.7. The van der Waals surface area contributed by atoms with Crippen LogP contribution in [-0.4, -0.2) is 63.3 Å². The monoisotopic (exact) mass is 409 g/mol. The molecule has 1 aliphatic heterocycles. The molecule has 31 heavy (non-hydrogen) atoms. The molecule has 4 aromatic heterocycles. The molecule has 0 unspecified atom stereocenters. The molecule has 1 fully saturated rings. The van der Waals surface area contributed by atoms with Gasteiger partial charge in [-0.1, -0.05) is 6.07 Å². The number of hydrogen-bond acceptors (Lipinski definition) is 5. The van der Waals surface area contributed by atoms with Gasteiger partial charge in [-0.05, 0) is 49.5 Å². The number of H-pyrrole nitrogens is 2. The van der Waals surface area contributed by atoms with E-state index in [4.69, 9.17) is 4.98 Å². The van der Waals surface area contributed by atoms with Crippen molar-refractivity contribution in [2.24, 2.45) is 0 Å². The fourth-order valence-corrected chi connectivity index (χ4v) is 4.36. The number of fused-ring (bicyclic) bond motifs is 2. The number of nitrogens with one attached hydrogen (secondary N) is 2. The summed E-state index contributed by atoms with van der Waals surface area (Å²) >= 11 is 0. The number of hydrogen-bond donors (Lipinski definition) is 2. The zero-order valence-electron chi connectivity index (χ0n) is 17.3. The molecule has 7 heteroatoms. The Kier molecular flexibility index (Phi) is 4.21. The molecule has 0 aliphatic carbocycles. The first kappa shape index (κ1) is 18.1. The molecule has 7 nitrogen and oxygen atoms in total. The Morgan fingerprint density at radius 2 is 1.74 bits per heavy atom. The first-order valence-electron chi connectivity index (χ1n) is 10.6. The summed E-state index contributed by atoms with van der Waals surface area (Å²) in [6.07, 6.45) is 3.57. The molecule has 6 rings (SSSR count). The van der Waals surface area contributed by atoms with E-state index < -0.39 is 0 Å². The standard InChI is InChI=1S/C24H23N7/c1-30-11-13-31(14-12-30)22-4-2-3-19-17(22)15-21(26-19)24-23-20(28-29-24)6-5-18(27-23)16-7-9-25-10-8-16/h2-10,15,26H,11-14H2,1H3,(H,28,29). The number of piperazine rings is 1. The molecule has 0 saturated carbocycles. The van der Waals surface area contributed by atoms with Crippen LogP contribution < -0.4 is 4.90 Å². The number of aromatic nitrogens is 5. The van der Waals surface area contributed by atoms with E-state index in [9.17, 15) is 0 Å². The van der Waals surface area contributed by atoms with Crippen molar-refractivity contribution in [1.29, 1.82) is 0 Å². The van der Waals surface area contributed by atoms with Crippen LogP contribution in [0.15, 0.2) is 60.9 Å². The number of rotatable bonds is 3. The molecule has 1 aromatic carbocycles. The summed E-state index contributed by atoms with van der Waals surface area (Å²) in [5.74, 6) is 0. The lowest BCUT2D eigenvalue weighted by atomic mass is 10.1. The second-order valence-electron chi connectivity index (χ2n) is 8.11. The molecule has 0 atom stereocenters. The predicted octanol–water partition coefficient (Wildman–Crippen LogP) is 3.92. The lowest BCUT2D eigenvalue weighted by Gasteiger charge is -2.34. The molecule has 5 aromatic rings. The van der Waals surface area contributed by atoms with E-state index in [0.717, 1.165) is 65.4 Å². The van der Waals surface area contributed by atoms with Gasteiger partial charge in [0.25, 0.3) is 0 Å². The van der Waals surface area contributed by atoms with Gasteiger partial charge in [0.2, 0.25) is 0 Å². The van der Waals surface area contributed by atoms with Crippen LogP contribution in [0, 0.1) is 0 Å². The average molecular weight is 409 g/mol. The van der Waals surface area contributed by atoms with Crippen LogP contribution in [0.2, 0.25) is 0 Å². The maximum absolute atomic E-state index is 4.92. The van der Waals surface area contributed by atoms with E-state index in [-0.39, 0.29) is 0 Å². The number of anilines is 1. The molecule has 2 N–H and O–H groups in total. The molecule has 0 radical (unpaired) electrons. The van der Waals surface area contributed by atoms with Gasteiger partial charge in [0, 0.05) is 60.7 Å². The SMILES string of the molecule is CN1CCN(c2cccc3[nH]c(-c4n[nH]c5ccc(-c6ccncc6)nc45)cc23)CC1. The quantitative estimate of drug-likeness (QED) is 0.472. The minimum absolute atomic E-state index is 0.839. The third kappa shape index (κ3) is 3.14. The smallest absolute Gasteiger partial charge is 0.135 e. The first-order valence-corrected chi connectivity index (χ1v) is 10.6. The van der Waals surface area contributed by atoms with Crippen LogP contribution >= 0.6 is 0 Å². The second-order valence-corrected chi connectivity index (χ2v) is 8.11. The predicted molar refractivity (Wildman–Crippen MR) is 124 cm³/mol. The molecular formula is C24H23N7. The molecule has 0 spiro atoms. The van der Waals surface area contributed by atoms with E-state index in [1.165, 1.54) is 11.1 Å². The number of likely N-dealkylation sites (N-methyl/N-ethyl adjacent to an activating group) is 1. The van der Waals surface area contributed by atoms with Crippen molar-refractivity contribution >= 4 is 27.6 Å². The maximum Gasteiger partial charge on any atom is 0.135 e. The Hall–Kier alpha value is -3.71. The molecular weight excluding hydrogens is 386 g/mol. The summed E-state index contributed by atoms with van der Waals surface area (Å²) in [5, 5.41) is 8.95. The van der Waals surface area contributed by atoms with E-state index in [2.05, 4.69) is 61.3 Å². The van der Waals surface area contributed by atoms with Crippen molar-refractivity contribution in [2.45, 2.75) is 0 Å². The molecule has 1 aliphatic rings. The Morgan fingerprint density at radius 3 is 2.58 bits per heavy atom. The van der Waals surface area contributed by atoms with Gasteiger partial charge in [-0.15, -0.1) is 0 Å². The minimum Gasteiger partial charge on any atom is -0.368 e. The van der Waals surface area contributed by atoms with Crippen LogP contribution in [0.1, 0.15) is 0 Å². The van der Waals surface area contributed by atoms with E-state index in [1.807, 2.05) is 24.3 Å². The highest BCUT2D eigenvalue weighted by molar-refractivity contribution is 5.99. The van der Waals surface area contributed by atoms with Gasteiger partial charge in [0.1, 0.15) is 11.2 Å². The van der Waals surface area contributed by atoms with Crippen molar-refractivity contribution in [3.63, 3.8) is 0 Å².